The van der Waals surface area contributed by atoms with Crippen LogP contribution in [0.2, 0.25) is 5.02 Å². The Hall–Kier alpha value is -1.32. The van der Waals surface area contributed by atoms with Crippen molar-refractivity contribution in [1.82, 2.24) is 14.9 Å². The van der Waals surface area contributed by atoms with E-state index < -0.39 is 0 Å². The molecule has 0 amide bonds. The number of nitrogens with one attached hydrogen (secondary N) is 1. The van der Waals surface area contributed by atoms with Crippen LogP contribution in [0.5, 0.6) is 0 Å². The Balaban J connectivity index is 2.27. The summed E-state index contributed by atoms with van der Waals surface area (Å²) < 4.78 is 2.07. The van der Waals surface area contributed by atoms with Crippen molar-refractivity contribution in [2.75, 3.05) is 6.54 Å². The molecule has 2 aromatic rings. The second-order valence-corrected chi connectivity index (χ2v) is 4.94. The van der Waals surface area contributed by atoms with Crippen molar-refractivity contribution in [3.8, 4) is 5.69 Å². The summed E-state index contributed by atoms with van der Waals surface area (Å²) in [7, 11) is 0. The van der Waals surface area contributed by atoms with E-state index in [0.29, 0.717) is 0 Å². The van der Waals surface area contributed by atoms with E-state index in [1.807, 2.05) is 18.5 Å². The number of rotatable bonds is 6. The van der Waals surface area contributed by atoms with E-state index in [2.05, 4.69) is 40.8 Å². The number of benzene rings is 1. The van der Waals surface area contributed by atoms with Gasteiger partial charge in [0.25, 0.3) is 0 Å². The monoisotopic (exact) mass is 277 g/mol. The Morgan fingerprint density at radius 3 is 2.84 bits per heavy atom. The van der Waals surface area contributed by atoms with Gasteiger partial charge in [-0.1, -0.05) is 31.5 Å². The molecule has 102 valence electrons. The standard InChI is InChI=1S/C15H20ClN3/c1-3-5-15-18-8-9-19(15)14-7-6-12(10-13(14)16)11-17-4-2/h6-10,17H,3-5,11H2,1-2H3. The zero-order chi connectivity index (χ0) is 13.7. The highest BCUT2D eigenvalue weighted by Gasteiger charge is 2.08. The van der Waals surface area contributed by atoms with Gasteiger partial charge in [-0.2, -0.15) is 0 Å². The highest BCUT2D eigenvalue weighted by atomic mass is 35.5. The van der Waals surface area contributed by atoms with Gasteiger partial charge in [0.1, 0.15) is 5.82 Å². The van der Waals surface area contributed by atoms with Crippen LogP contribution in [-0.4, -0.2) is 16.1 Å². The zero-order valence-corrected chi connectivity index (χ0v) is 12.2. The molecule has 0 bridgehead atoms. The fraction of sp³-hybridized carbons (Fsp3) is 0.400. The molecule has 0 unspecified atom stereocenters. The number of aryl methyl sites for hydroxylation is 1. The molecule has 0 aliphatic rings. The lowest BCUT2D eigenvalue weighted by Crippen LogP contribution is -2.11. The highest BCUT2D eigenvalue weighted by Crippen LogP contribution is 2.23. The number of imidazole rings is 1. The molecule has 1 aromatic heterocycles. The largest absolute Gasteiger partial charge is 0.313 e. The van der Waals surface area contributed by atoms with Crippen LogP contribution >= 0.6 is 11.6 Å². The fourth-order valence-corrected chi connectivity index (χ4v) is 2.38. The lowest BCUT2D eigenvalue weighted by molar-refractivity contribution is 0.726. The van der Waals surface area contributed by atoms with Crippen LogP contribution in [0.25, 0.3) is 5.69 Å². The topological polar surface area (TPSA) is 29.9 Å². The maximum Gasteiger partial charge on any atom is 0.113 e. The summed E-state index contributed by atoms with van der Waals surface area (Å²) >= 11 is 6.40. The molecule has 0 aliphatic heterocycles. The summed E-state index contributed by atoms with van der Waals surface area (Å²) in [5.41, 5.74) is 2.20. The molecule has 0 fully saturated rings. The minimum Gasteiger partial charge on any atom is -0.313 e. The molecular formula is C15H20ClN3. The Morgan fingerprint density at radius 1 is 1.32 bits per heavy atom. The van der Waals surface area contributed by atoms with E-state index >= 15 is 0 Å². The second kappa shape index (κ2) is 6.73. The number of halogens is 1. The van der Waals surface area contributed by atoms with Crippen LogP contribution < -0.4 is 5.32 Å². The van der Waals surface area contributed by atoms with E-state index in [1.54, 1.807) is 0 Å². The van der Waals surface area contributed by atoms with Gasteiger partial charge < -0.3 is 9.88 Å². The van der Waals surface area contributed by atoms with Crippen molar-refractivity contribution in [2.24, 2.45) is 0 Å². The molecule has 0 spiro atoms. The van der Waals surface area contributed by atoms with Crippen molar-refractivity contribution < 1.29 is 0 Å². The quantitative estimate of drug-likeness (QED) is 0.874. The average Bonchev–Trinajstić information content (AvgIpc) is 2.85. The first-order chi connectivity index (χ1) is 9.26. The van der Waals surface area contributed by atoms with Crippen molar-refractivity contribution in [3.63, 3.8) is 0 Å². The van der Waals surface area contributed by atoms with Gasteiger partial charge in [-0.25, -0.2) is 4.98 Å². The van der Waals surface area contributed by atoms with Gasteiger partial charge in [0.05, 0.1) is 10.7 Å². The fourth-order valence-electron chi connectivity index (χ4n) is 2.09. The molecule has 2 rings (SSSR count). The average molecular weight is 278 g/mol. The minimum absolute atomic E-state index is 0.769. The van der Waals surface area contributed by atoms with Gasteiger partial charge in [0, 0.05) is 25.4 Å². The third-order valence-electron chi connectivity index (χ3n) is 3.04. The van der Waals surface area contributed by atoms with Gasteiger partial charge in [-0.3, -0.25) is 0 Å². The van der Waals surface area contributed by atoms with E-state index in [-0.39, 0.29) is 0 Å². The van der Waals surface area contributed by atoms with Crippen molar-refractivity contribution in [1.29, 1.82) is 0 Å². The smallest absolute Gasteiger partial charge is 0.113 e. The number of aromatic nitrogens is 2. The molecule has 0 saturated heterocycles. The summed E-state index contributed by atoms with van der Waals surface area (Å²) in [6.07, 6.45) is 5.83. The molecule has 3 nitrogen and oxygen atoms in total. The SMILES string of the molecule is CCCc1nccn1-c1ccc(CNCC)cc1Cl. The maximum absolute atomic E-state index is 6.40. The lowest BCUT2D eigenvalue weighted by Gasteiger charge is -2.11. The molecule has 19 heavy (non-hydrogen) atoms. The summed E-state index contributed by atoms with van der Waals surface area (Å²) in [6.45, 7) is 6.06. The summed E-state index contributed by atoms with van der Waals surface area (Å²) in [4.78, 5) is 4.39. The van der Waals surface area contributed by atoms with Crippen molar-refractivity contribution >= 4 is 11.6 Å². The van der Waals surface area contributed by atoms with Crippen LogP contribution in [0.4, 0.5) is 0 Å². The molecule has 0 aliphatic carbocycles. The molecule has 4 heteroatoms. The van der Waals surface area contributed by atoms with E-state index in [0.717, 1.165) is 42.5 Å². The number of nitrogens with zero attached hydrogens (tertiary/aromatic N) is 2. The third-order valence-corrected chi connectivity index (χ3v) is 3.34. The van der Waals surface area contributed by atoms with Crippen molar-refractivity contribution in [3.05, 3.63) is 47.0 Å². The van der Waals surface area contributed by atoms with Crippen LogP contribution in [0, 0.1) is 0 Å². The van der Waals surface area contributed by atoms with Crippen molar-refractivity contribution in [2.45, 2.75) is 33.2 Å². The molecule has 0 saturated carbocycles. The minimum atomic E-state index is 0.769. The Bertz CT molecular complexity index is 534. The highest BCUT2D eigenvalue weighted by molar-refractivity contribution is 6.32. The lowest BCUT2D eigenvalue weighted by atomic mass is 10.2. The van der Waals surface area contributed by atoms with Gasteiger partial charge in [0.2, 0.25) is 0 Å². The first-order valence-corrected chi connectivity index (χ1v) is 7.15. The molecule has 1 heterocycles. The molecular weight excluding hydrogens is 258 g/mol. The van der Waals surface area contributed by atoms with Crippen LogP contribution in [-0.2, 0) is 13.0 Å². The second-order valence-electron chi connectivity index (χ2n) is 4.53. The van der Waals surface area contributed by atoms with E-state index in [9.17, 15) is 0 Å². The Kier molecular flexibility index (Phi) is 5.00. The van der Waals surface area contributed by atoms with Crippen LogP contribution in [0.1, 0.15) is 31.7 Å². The normalized spacial score (nSPS) is 10.9. The molecule has 0 radical (unpaired) electrons. The van der Waals surface area contributed by atoms with Crippen LogP contribution in [0.3, 0.4) is 0 Å². The summed E-state index contributed by atoms with van der Waals surface area (Å²) in [5, 5.41) is 4.07. The van der Waals surface area contributed by atoms with Gasteiger partial charge in [-0.05, 0) is 30.7 Å². The summed E-state index contributed by atoms with van der Waals surface area (Å²) in [5.74, 6) is 1.06. The maximum atomic E-state index is 6.40. The molecule has 1 aromatic carbocycles. The van der Waals surface area contributed by atoms with Gasteiger partial charge in [-0.15, -0.1) is 0 Å². The number of hydrogen-bond donors (Lipinski definition) is 1. The molecule has 1 N–H and O–H groups in total. The first-order valence-electron chi connectivity index (χ1n) is 6.78. The molecule has 0 atom stereocenters. The zero-order valence-electron chi connectivity index (χ0n) is 11.5. The predicted molar refractivity (Wildman–Crippen MR) is 79.9 cm³/mol. The number of hydrogen-bond acceptors (Lipinski definition) is 2. The first kappa shape index (κ1) is 14.1. The van der Waals surface area contributed by atoms with E-state index in [1.165, 1.54) is 5.56 Å². The Labute approximate surface area is 119 Å². The summed E-state index contributed by atoms with van der Waals surface area (Å²) in [6, 6.07) is 6.20. The predicted octanol–water partition coefficient (Wildman–Crippen LogP) is 3.59. The van der Waals surface area contributed by atoms with Crippen LogP contribution in [0.15, 0.2) is 30.6 Å². The Morgan fingerprint density at radius 2 is 2.16 bits per heavy atom. The van der Waals surface area contributed by atoms with Gasteiger partial charge >= 0.3 is 0 Å². The van der Waals surface area contributed by atoms with Gasteiger partial charge in [0.15, 0.2) is 0 Å². The van der Waals surface area contributed by atoms with E-state index in [4.69, 9.17) is 11.6 Å². The third kappa shape index (κ3) is 3.37.